The Morgan fingerprint density at radius 3 is 3.05 bits per heavy atom. The van der Waals surface area contributed by atoms with E-state index in [1.807, 2.05) is 0 Å². The summed E-state index contributed by atoms with van der Waals surface area (Å²) in [5.41, 5.74) is 6.21. The van der Waals surface area contributed by atoms with Gasteiger partial charge in [-0.25, -0.2) is 9.37 Å². The Hall–Kier alpha value is -2.41. The number of nitrogens with zero attached hydrogens (tertiary/aromatic N) is 1. The Kier molecular flexibility index (Phi) is 3.34. The molecule has 0 saturated heterocycles. The van der Waals surface area contributed by atoms with Crippen molar-refractivity contribution >= 4 is 33.0 Å². The zero-order valence-corrected chi connectivity index (χ0v) is 12.0. The quantitative estimate of drug-likeness (QED) is 0.779. The monoisotopic (exact) mass is 305 g/mol. The van der Waals surface area contributed by atoms with Crippen LogP contribution in [-0.2, 0) is 6.54 Å². The molecule has 3 N–H and O–H groups in total. The molecule has 0 radical (unpaired) electrons. The van der Waals surface area contributed by atoms with E-state index in [-0.39, 0.29) is 24.0 Å². The minimum absolute atomic E-state index is 0.175. The minimum atomic E-state index is -0.380. The van der Waals surface area contributed by atoms with Gasteiger partial charge in [0.05, 0.1) is 18.4 Å². The van der Waals surface area contributed by atoms with Crippen molar-refractivity contribution in [3.8, 4) is 0 Å². The van der Waals surface area contributed by atoms with Crippen molar-refractivity contribution in [3.63, 3.8) is 0 Å². The predicted octanol–water partition coefficient (Wildman–Crippen LogP) is 2.85. The number of hydrogen-bond donors (Lipinski definition) is 2. The molecule has 108 valence electrons. The molecule has 0 saturated carbocycles. The summed E-state index contributed by atoms with van der Waals surface area (Å²) in [6.07, 6.45) is 1.58. The van der Waals surface area contributed by atoms with Gasteiger partial charge < -0.3 is 15.5 Å². The smallest absolute Gasteiger partial charge is 0.263 e. The van der Waals surface area contributed by atoms with Gasteiger partial charge in [0.2, 0.25) is 5.89 Å². The molecule has 0 unspecified atom stereocenters. The molecule has 3 rings (SSSR count). The van der Waals surface area contributed by atoms with Crippen LogP contribution in [0.1, 0.15) is 21.3 Å². The Morgan fingerprint density at radius 1 is 1.52 bits per heavy atom. The van der Waals surface area contributed by atoms with Crippen molar-refractivity contribution in [2.45, 2.75) is 13.5 Å². The fourth-order valence-corrected chi connectivity index (χ4v) is 3.00. The Labute approximate surface area is 123 Å². The van der Waals surface area contributed by atoms with Crippen molar-refractivity contribution < 1.29 is 13.6 Å². The number of anilines is 1. The van der Waals surface area contributed by atoms with Gasteiger partial charge >= 0.3 is 0 Å². The number of carbonyl (C=O) groups is 1. The van der Waals surface area contributed by atoms with Crippen LogP contribution in [0.5, 0.6) is 0 Å². The van der Waals surface area contributed by atoms with E-state index in [0.29, 0.717) is 21.9 Å². The molecule has 2 heterocycles. The van der Waals surface area contributed by atoms with E-state index >= 15 is 0 Å². The number of aromatic nitrogens is 1. The molecule has 5 nitrogen and oxygen atoms in total. The van der Waals surface area contributed by atoms with Gasteiger partial charge in [-0.3, -0.25) is 4.79 Å². The molecule has 1 amide bonds. The van der Waals surface area contributed by atoms with E-state index in [4.69, 9.17) is 10.2 Å². The molecule has 0 aliphatic carbocycles. The van der Waals surface area contributed by atoms with Crippen LogP contribution in [-0.4, -0.2) is 10.9 Å². The average molecular weight is 305 g/mol. The van der Waals surface area contributed by atoms with Crippen molar-refractivity contribution in [2.75, 3.05) is 5.73 Å². The van der Waals surface area contributed by atoms with E-state index in [9.17, 15) is 9.18 Å². The van der Waals surface area contributed by atoms with Crippen LogP contribution in [0.15, 0.2) is 28.8 Å². The van der Waals surface area contributed by atoms with Crippen LogP contribution in [0.4, 0.5) is 10.1 Å². The molecule has 1 aromatic carbocycles. The molecule has 0 aliphatic heterocycles. The maximum Gasteiger partial charge on any atom is 0.263 e. The maximum absolute atomic E-state index is 13.2. The summed E-state index contributed by atoms with van der Waals surface area (Å²) in [4.78, 5) is 16.5. The molecule has 0 atom stereocenters. The standard InChI is InChI=1S/C14H12FN3O2S/c1-7-5-17-11(20-7)6-18-14(19)13-12(16)9-4-8(15)2-3-10(9)21-13/h2-5H,6,16H2,1H3,(H,18,19). The van der Waals surface area contributed by atoms with E-state index in [1.165, 1.54) is 23.5 Å². The van der Waals surface area contributed by atoms with Crippen LogP contribution in [0, 0.1) is 12.7 Å². The topological polar surface area (TPSA) is 81.2 Å². The third-order valence-electron chi connectivity index (χ3n) is 2.96. The number of nitrogen functional groups attached to an aromatic ring is 1. The van der Waals surface area contributed by atoms with Gasteiger partial charge in [0.15, 0.2) is 0 Å². The normalized spacial score (nSPS) is 11.0. The zero-order chi connectivity index (χ0) is 15.0. The van der Waals surface area contributed by atoms with Crippen molar-refractivity contribution in [2.24, 2.45) is 0 Å². The van der Waals surface area contributed by atoms with Gasteiger partial charge in [-0.05, 0) is 25.1 Å². The van der Waals surface area contributed by atoms with Gasteiger partial charge in [0.1, 0.15) is 16.5 Å². The molecule has 0 fully saturated rings. The lowest BCUT2D eigenvalue weighted by Crippen LogP contribution is -2.22. The number of oxazole rings is 1. The number of nitrogens with two attached hydrogens (primary N) is 1. The number of thiophene rings is 1. The first-order valence-electron chi connectivity index (χ1n) is 6.21. The van der Waals surface area contributed by atoms with Crippen LogP contribution >= 0.6 is 11.3 Å². The number of carbonyl (C=O) groups excluding carboxylic acids is 1. The van der Waals surface area contributed by atoms with Crippen LogP contribution in [0.2, 0.25) is 0 Å². The minimum Gasteiger partial charge on any atom is -0.444 e. The molecular formula is C14H12FN3O2S. The number of halogens is 1. The van der Waals surface area contributed by atoms with Crippen LogP contribution < -0.4 is 11.1 Å². The third-order valence-corrected chi connectivity index (χ3v) is 4.15. The lowest BCUT2D eigenvalue weighted by Gasteiger charge is -2.01. The first-order chi connectivity index (χ1) is 10.0. The summed E-state index contributed by atoms with van der Waals surface area (Å²) in [7, 11) is 0. The number of rotatable bonds is 3. The Bertz CT molecular complexity index is 825. The summed E-state index contributed by atoms with van der Waals surface area (Å²) >= 11 is 1.23. The Morgan fingerprint density at radius 2 is 2.33 bits per heavy atom. The largest absolute Gasteiger partial charge is 0.444 e. The number of hydrogen-bond acceptors (Lipinski definition) is 5. The highest BCUT2D eigenvalue weighted by Gasteiger charge is 2.17. The zero-order valence-electron chi connectivity index (χ0n) is 11.1. The summed E-state index contributed by atoms with van der Waals surface area (Å²) < 4.78 is 19.3. The van der Waals surface area contributed by atoms with Gasteiger partial charge in [-0.2, -0.15) is 0 Å². The summed E-state index contributed by atoms with van der Waals surface area (Å²) in [6.45, 7) is 1.95. The fourth-order valence-electron chi connectivity index (χ4n) is 1.98. The van der Waals surface area contributed by atoms with Crippen LogP contribution in [0.3, 0.4) is 0 Å². The fraction of sp³-hybridized carbons (Fsp3) is 0.143. The number of benzene rings is 1. The summed E-state index contributed by atoms with van der Waals surface area (Å²) in [5, 5.41) is 3.24. The average Bonchev–Trinajstić information content (AvgIpc) is 3.01. The third kappa shape index (κ3) is 2.59. The van der Waals surface area contributed by atoms with Gasteiger partial charge in [-0.15, -0.1) is 11.3 Å². The lowest BCUT2D eigenvalue weighted by molar-refractivity contribution is 0.0952. The molecule has 0 aliphatic rings. The molecular weight excluding hydrogens is 293 g/mol. The molecule has 0 spiro atoms. The molecule has 2 aromatic heterocycles. The SMILES string of the molecule is Cc1cnc(CNC(=O)c2sc3ccc(F)cc3c2N)o1. The number of nitrogens with one attached hydrogen (secondary N) is 1. The van der Waals surface area contributed by atoms with Gasteiger partial charge in [0.25, 0.3) is 5.91 Å². The second kappa shape index (κ2) is 5.17. The number of aryl methyl sites for hydroxylation is 1. The first kappa shape index (κ1) is 13.6. The molecule has 7 heteroatoms. The second-order valence-electron chi connectivity index (χ2n) is 4.53. The van der Waals surface area contributed by atoms with Crippen molar-refractivity contribution in [1.82, 2.24) is 10.3 Å². The molecule has 21 heavy (non-hydrogen) atoms. The summed E-state index contributed by atoms with van der Waals surface area (Å²) in [5.74, 6) is 0.391. The second-order valence-corrected chi connectivity index (χ2v) is 5.58. The summed E-state index contributed by atoms with van der Waals surface area (Å²) in [6, 6.07) is 4.28. The predicted molar refractivity (Wildman–Crippen MR) is 78.6 cm³/mol. The lowest BCUT2D eigenvalue weighted by atomic mass is 10.2. The van der Waals surface area contributed by atoms with E-state index < -0.39 is 0 Å². The highest BCUT2D eigenvalue weighted by Crippen LogP contribution is 2.33. The Balaban J connectivity index is 1.82. The van der Waals surface area contributed by atoms with Crippen LogP contribution in [0.25, 0.3) is 10.1 Å². The van der Waals surface area contributed by atoms with Gasteiger partial charge in [-0.1, -0.05) is 0 Å². The molecule has 0 bridgehead atoms. The van der Waals surface area contributed by atoms with E-state index in [2.05, 4.69) is 10.3 Å². The van der Waals surface area contributed by atoms with E-state index in [0.717, 1.165) is 4.70 Å². The maximum atomic E-state index is 13.2. The number of fused-ring (bicyclic) bond motifs is 1. The highest BCUT2D eigenvalue weighted by molar-refractivity contribution is 7.21. The van der Waals surface area contributed by atoms with Crippen molar-refractivity contribution in [1.29, 1.82) is 0 Å². The highest BCUT2D eigenvalue weighted by atomic mass is 32.1. The molecule has 3 aromatic rings. The van der Waals surface area contributed by atoms with Gasteiger partial charge in [0, 0.05) is 10.1 Å². The number of amides is 1. The first-order valence-corrected chi connectivity index (χ1v) is 7.03. The van der Waals surface area contributed by atoms with Crippen molar-refractivity contribution in [3.05, 3.63) is 46.7 Å². The van der Waals surface area contributed by atoms with E-state index in [1.54, 1.807) is 19.2 Å².